The molecule has 1 aliphatic heterocycles. The maximum atomic E-state index is 5.42. The van der Waals surface area contributed by atoms with Crippen LogP contribution in [0, 0.1) is 0 Å². The lowest BCUT2D eigenvalue weighted by molar-refractivity contribution is 0.294. The number of methoxy groups -OCH3 is 1. The van der Waals surface area contributed by atoms with E-state index in [1.165, 1.54) is 0 Å². The molecule has 0 bridgehead atoms. The van der Waals surface area contributed by atoms with Crippen molar-refractivity contribution in [3.8, 4) is 5.75 Å². The fourth-order valence-corrected chi connectivity index (χ4v) is 3.43. The van der Waals surface area contributed by atoms with Crippen molar-refractivity contribution >= 4 is 11.9 Å². The zero-order valence-electron chi connectivity index (χ0n) is 15.8. The average Bonchev–Trinajstić information content (AvgIpc) is 3.28. The summed E-state index contributed by atoms with van der Waals surface area (Å²) >= 11 is 0. The van der Waals surface area contributed by atoms with E-state index in [9.17, 15) is 0 Å². The van der Waals surface area contributed by atoms with Gasteiger partial charge in [-0.1, -0.05) is 12.1 Å². The Bertz CT molecular complexity index is 950. The van der Waals surface area contributed by atoms with Gasteiger partial charge in [0.1, 0.15) is 11.9 Å². The molecule has 4 rings (SSSR count). The van der Waals surface area contributed by atoms with Crippen LogP contribution < -0.4 is 4.74 Å². The van der Waals surface area contributed by atoms with Gasteiger partial charge in [-0.3, -0.25) is 9.98 Å². The van der Waals surface area contributed by atoms with E-state index in [1.54, 1.807) is 7.11 Å². The molecule has 6 heteroatoms. The Balaban J connectivity index is 1.62. The van der Waals surface area contributed by atoms with Crippen molar-refractivity contribution in [2.75, 3.05) is 13.7 Å². The minimum atomic E-state index is -0.0722. The second kappa shape index (κ2) is 8.52. The van der Waals surface area contributed by atoms with Crippen LogP contribution in [-0.2, 0) is 6.54 Å². The van der Waals surface area contributed by atoms with Gasteiger partial charge in [0.2, 0.25) is 0 Å². The Hall–Kier alpha value is -3.41. The zero-order valence-corrected chi connectivity index (χ0v) is 15.8. The molecule has 1 aliphatic rings. The van der Waals surface area contributed by atoms with Crippen molar-refractivity contribution in [3.63, 3.8) is 0 Å². The summed E-state index contributed by atoms with van der Waals surface area (Å²) in [5.41, 5.74) is 3.39. The maximum Gasteiger partial charge on any atom is 0.147 e. The average molecular weight is 373 g/mol. The Morgan fingerprint density at radius 2 is 1.93 bits per heavy atom. The van der Waals surface area contributed by atoms with Crippen LogP contribution in [0.25, 0.3) is 5.70 Å². The smallest absolute Gasteiger partial charge is 0.147 e. The number of aliphatic imine (C=N–C) groups is 1. The molecule has 0 N–H and O–H groups in total. The van der Waals surface area contributed by atoms with Gasteiger partial charge in [-0.15, -0.1) is 0 Å². The van der Waals surface area contributed by atoms with E-state index in [0.717, 1.165) is 42.1 Å². The van der Waals surface area contributed by atoms with Crippen LogP contribution in [0.3, 0.4) is 0 Å². The Morgan fingerprint density at radius 3 is 2.71 bits per heavy atom. The number of allylic oxidation sites excluding steroid dienone is 1. The fourth-order valence-electron chi connectivity index (χ4n) is 3.43. The van der Waals surface area contributed by atoms with Gasteiger partial charge in [0.25, 0.3) is 0 Å². The van der Waals surface area contributed by atoms with E-state index in [0.29, 0.717) is 0 Å². The quantitative estimate of drug-likeness (QED) is 0.632. The molecule has 0 amide bonds. The molecule has 6 nitrogen and oxygen atoms in total. The molecule has 0 aliphatic carbocycles. The molecular weight excluding hydrogens is 350 g/mol. The predicted molar refractivity (Wildman–Crippen MR) is 110 cm³/mol. The highest BCUT2D eigenvalue weighted by molar-refractivity contribution is 5.86. The molecule has 3 heterocycles. The maximum absolute atomic E-state index is 5.42. The Kier molecular flexibility index (Phi) is 5.47. The summed E-state index contributed by atoms with van der Waals surface area (Å²) in [5.74, 6) is 0.847. The van der Waals surface area contributed by atoms with Crippen molar-refractivity contribution < 1.29 is 4.74 Å². The highest BCUT2D eigenvalue weighted by Crippen LogP contribution is 2.34. The second-order valence-corrected chi connectivity index (χ2v) is 6.58. The summed E-state index contributed by atoms with van der Waals surface area (Å²) in [4.78, 5) is 15.4. The second-order valence-electron chi connectivity index (χ2n) is 6.58. The standard InChI is InChI=1S/C22H23N5O/c1-28-20-5-2-4-19(16-20)21-8-11-25-22(18-6-9-23-10-7-18)27(21)14-3-13-26-15-12-24-17-26/h2,4-12,15-17,22H,3,13-14H2,1H3. The van der Waals surface area contributed by atoms with Gasteiger partial charge in [-0.2, -0.15) is 0 Å². The van der Waals surface area contributed by atoms with Crippen LogP contribution in [0.5, 0.6) is 5.75 Å². The normalized spacial score (nSPS) is 16.1. The molecule has 0 radical (unpaired) electrons. The molecule has 28 heavy (non-hydrogen) atoms. The van der Waals surface area contributed by atoms with E-state index in [4.69, 9.17) is 9.73 Å². The van der Waals surface area contributed by atoms with Crippen LogP contribution in [0.1, 0.15) is 23.7 Å². The number of aryl methyl sites for hydroxylation is 1. The number of ether oxygens (including phenoxy) is 1. The van der Waals surface area contributed by atoms with E-state index in [2.05, 4.69) is 37.6 Å². The number of benzene rings is 1. The van der Waals surface area contributed by atoms with Gasteiger partial charge in [0, 0.05) is 55.4 Å². The summed E-state index contributed by atoms with van der Waals surface area (Å²) in [6.45, 7) is 1.78. The van der Waals surface area contributed by atoms with Crippen LogP contribution >= 0.6 is 0 Å². The SMILES string of the molecule is COc1cccc(C2=CC=NC(c3ccncc3)N2CCCn2ccnc2)c1. The number of nitrogens with zero attached hydrogens (tertiary/aromatic N) is 5. The molecule has 2 aromatic heterocycles. The van der Waals surface area contributed by atoms with Gasteiger partial charge in [0.05, 0.1) is 13.4 Å². The predicted octanol–water partition coefficient (Wildman–Crippen LogP) is 3.80. The number of hydrogen-bond acceptors (Lipinski definition) is 5. The van der Waals surface area contributed by atoms with Gasteiger partial charge in [0.15, 0.2) is 0 Å². The Labute approximate surface area is 164 Å². The van der Waals surface area contributed by atoms with Gasteiger partial charge in [-0.25, -0.2) is 4.98 Å². The number of pyridine rings is 1. The van der Waals surface area contributed by atoms with Crippen molar-refractivity contribution in [1.82, 2.24) is 19.4 Å². The van der Waals surface area contributed by atoms with Crippen molar-refractivity contribution in [2.45, 2.75) is 19.1 Å². The minimum absolute atomic E-state index is 0.0722. The Morgan fingerprint density at radius 1 is 1.04 bits per heavy atom. The fraction of sp³-hybridized carbons (Fsp3) is 0.227. The zero-order chi connectivity index (χ0) is 19.2. The summed E-state index contributed by atoms with van der Waals surface area (Å²) in [5, 5.41) is 0. The van der Waals surface area contributed by atoms with E-state index >= 15 is 0 Å². The lowest BCUT2D eigenvalue weighted by atomic mass is 10.1. The molecule has 3 aromatic rings. The van der Waals surface area contributed by atoms with Crippen LogP contribution in [0.4, 0.5) is 0 Å². The lowest BCUT2D eigenvalue weighted by Gasteiger charge is -2.35. The third-order valence-electron chi connectivity index (χ3n) is 4.81. The molecule has 0 spiro atoms. The van der Waals surface area contributed by atoms with E-state index in [-0.39, 0.29) is 6.17 Å². The van der Waals surface area contributed by atoms with Crippen molar-refractivity contribution in [3.05, 3.63) is 84.7 Å². The molecule has 0 fully saturated rings. The third kappa shape index (κ3) is 3.96. The van der Waals surface area contributed by atoms with Crippen LogP contribution in [-0.4, -0.2) is 39.3 Å². The number of hydrogen-bond donors (Lipinski definition) is 0. The number of imidazole rings is 1. The highest BCUT2D eigenvalue weighted by atomic mass is 16.5. The highest BCUT2D eigenvalue weighted by Gasteiger charge is 2.24. The third-order valence-corrected chi connectivity index (χ3v) is 4.81. The van der Waals surface area contributed by atoms with Gasteiger partial charge in [-0.05, 0) is 42.3 Å². The molecule has 1 atom stereocenters. The number of rotatable bonds is 7. The summed E-state index contributed by atoms with van der Waals surface area (Å²) < 4.78 is 7.53. The topological polar surface area (TPSA) is 55.5 Å². The molecule has 0 saturated heterocycles. The summed E-state index contributed by atoms with van der Waals surface area (Å²) in [7, 11) is 1.69. The first kappa shape index (κ1) is 18.0. The lowest BCUT2D eigenvalue weighted by Crippen LogP contribution is -2.30. The summed E-state index contributed by atoms with van der Waals surface area (Å²) in [6.07, 6.45) is 14.2. The monoisotopic (exact) mass is 373 g/mol. The van der Waals surface area contributed by atoms with E-state index < -0.39 is 0 Å². The van der Waals surface area contributed by atoms with Crippen LogP contribution in [0.2, 0.25) is 0 Å². The molecule has 0 saturated carbocycles. The number of aromatic nitrogens is 3. The van der Waals surface area contributed by atoms with Gasteiger partial charge < -0.3 is 14.2 Å². The van der Waals surface area contributed by atoms with Gasteiger partial charge >= 0.3 is 0 Å². The molecule has 1 unspecified atom stereocenters. The first-order valence-electron chi connectivity index (χ1n) is 9.35. The first-order chi connectivity index (χ1) is 13.8. The molecule has 1 aromatic carbocycles. The molecular formula is C22H23N5O. The van der Waals surface area contributed by atoms with E-state index in [1.807, 2.05) is 61.6 Å². The van der Waals surface area contributed by atoms with Crippen molar-refractivity contribution in [1.29, 1.82) is 0 Å². The first-order valence-corrected chi connectivity index (χ1v) is 9.35. The summed E-state index contributed by atoms with van der Waals surface area (Å²) in [6, 6.07) is 12.2. The minimum Gasteiger partial charge on any atom is -0.497 e. The van der Waals surface area contributed by atoms with Crippen LogP contribution in [0.15, 0.2) is 78.6 Å². The molecule has 142 valence electrons. The largest absolute Gasteiger partial charge is 0.497 e. The van der Waals surface area contributed by atoms with Crippen molar-refractivity contribution in [2.24, 2.45) is 4.99 Å².